The van der Waals surface area contributed by atoms with Gasteiger partial charge in [0.25, 0.3) is 0 Å². The zero-order chi connectivity index (χ0) is 57.1. The van der Waals surface area contributed by atoms with Crippen LogP contribution in [0, 0.1) is 0 Å². The molecular formula is C73H118O6. The Morgan fingerprint density at radius 3 is 0.709 bits per heavy atom. The van der Waals surface area contributed by atoms with E-state index in [-0.39, 0.29) is 31.1 Å². The van der Waals surface area contributed by atoms with E-state index in [1.54, 1.807) is 0 Å². The van der Waals surface area contributed by atoms with E-state index in [0.717, 1.165) is 154 Å². The molecule has 0 aliphatic rings. The van der Waals surface area contributed by atoms with Gasteiger partial charge in [0.15, 0.2) is 6.10 Å². The van der Waals surface area contributed by atoms with Gasteiger partial charge in [-0.15, -0.1) is 0 Å². The van der Waals surface area contributed by atoms with E-state index in [2.05, 4.69) is 167 Å². The molecule has 1 unspecified atom stereocenters. The number of ether oxygens (including phenoxy) is 3. The van der Waals surface area contributed by atoms with Crippen LogP contribution in [0.15, 0.2) is 146 Å². The molecule has 0 aliphatic heterocycles. The van der Waals surface area contributed by atoms with Gasteiger partial charge in [0.2, 0.25) is 0 Å². The van der Waals surface area contributed by atoms with Crippen LogP contribution in [-0.2, 0) is 28.6 Å². The molecule has 0 heterocycles. The Morgan fingerprint density at radius 1 is 0.253 bits per heavy atom. The highest BCUT2D eigenvalue weighted by molar-refractivity contribution is 5.71. The predicted molar refractivity (Wildman–Crippen MR) is 343 cm³/mol. The molecule has 0 aliphatic carbocycles. The van der Waals surface area contributed by atoms with Crippen molar-refractivity contribution in [1.82, 2.24) is 0 Å². The van der Waals surface area contributed by atoms with Crippen LogP contribution in [0.2, 0.25) is 0 Å². The predicted octanol–water partition coefficient (Wildman–Crippen LogP) is 22.3. The lowest BCUT2D eigenvalue weighted by atomic mass is 10.1. The molecule has 0 aromatic rings. The molecule has 0 fully saturated rings. The third kappa shape index (κ3) is 64.0. The first kappa shape index (κ1) is 74.3. The Morgan fingerprint density at radius 2 is 0.456 bits per heavy atom. The SMILES string of the molecule is CC/C=C\C/C=C\C/C=C\C/C=C\C/C=C\C/C=C\CCCCCCCCCCC(=O)OCC(COC(=O)CCCCCCCCC/C=C\C/C=C\C/C=C\CC)OC(=O)CCCCCCCCC/C=C\C/C=C\C/C=C\CC. The van der Waals surface area contributed by atoms with Gasteiger partial charge in [-0.3, -0.25) is 14.4 Å². The first-order chi connectivity index (χ1) is 39.0. The van der Waals surface area contributed by atoms with Crippen molar-refractivity contribution >= 4 is 17.9 Å². The van der Waals surface area contributed by atoms with Crippen LogP contribution < -0.4 is 0 Å². The third-order valence-electron chi connectivity index (χ3n) is 13.3. The molecule has 446 valence electrons. The molecule has 0 spiro atoms. The Kier molecular flexibility index (Phi) is 61.9. The van der Waals surface area contributed by atoms with Crippen LogP contribution in [-0.4, -0.2) is 37.2 Å². The summed E-state index contributed by atoms with van der Waals surface area (Å²) in [6.45, 7) is 6.29. The van der Waals surface area contributed by atoms with Crippen molar-refractivity contribution in [3.63, 3.8) is 0 Å². The first-order valence-corrected chi connectivity index (χ1v) is 32.3. The summed E-state index contributed by atoms with van der Waals surface area (Å²) in [5, 5.41) is 0. The van der Waals surface area contributed by atoms with E-state index in [0.29, 0.717) is 19.3 Å². The molecule has 1 atom stereocenters. The van der Waals surface area contributed by atoms with Crippen LogP contribution in [0.4, 0.5) is 0 Å². The number of rotatable bonds is 57. The maximum absolute atomic E-state index is 12.9. The van der Waals surface area contributed by atoms with Gasteiger partial charge < -0.3 is 14.2 Å². The number of unbranched alkanes of at least 4 members (excludes halogenated alkanes) is 22. The highest BCUT2D eigenvalue weighted by atomic mass is 16.6. The second-order valence-corrected chi connectivity index (χ2v) is 20.9. The molecule has 0 rings (SSSR count). The molecule has 0 aromatic heterocycles. The number of hydrogen-bond acceptors (Lipinski definition) is 6. The summed E-state index contributed by atoms with van der Waals surface area (Å²) in [6, 6.07) is 0. The van der Waals surface area contributed by atoms with E-state index >= 15 is 0 Å². The van der Waals surface area contributed by atoms with Gasteiger partial charge in [0.1, 0.15) is 13.2 Å². The van der Waals surface area contributed by atoms with Crippen LogP contribution >= 0.6 is 0 Å². The number of hydrogen-bond donors (Lipinski definition) is 0. The zero-order valence-corrected chi connectivity index (χ0v) is 51.1. The van der Waals surface area contributed by atoms with Gasteiger partial charge in [-0.1, -0.05) is 269 Å². The largest absolute Gasteiger partial charge is 0.462 e. The highest BCUT2D eigenvalue weighted by Crippen LogP contribution is 2.15. The van der Waals surface area contributed by atoms with E-state index in [1.807, 2.05) is 0 Å². The van der Waals surface area contributed by atoms with E-state index in [1.165, 1.54) is 83.5 Å². The van der Waals surface area contributed by atoms with Crippen molar-refractivity contribution < 1.29 is 28.6 Å². The second kappa shape index (κ2) is 65.8. The normalized spacial score (nSPS) is 13.1. The summed E-state index contributed by atoms with van der Waals surface area (Å²) in [4.78, 5) is 38.4. The minimum Gasteiger partial charge on any atom is -0.462 e. The van der Waals surface area contributed by atoms with Crippen molar-refractivity contribution in [2.45, 2.75) is 284 Å². The Hall–Kier alpha value is -4.71. The lowest BCUT2D eigenvalue weighted by molar-refractivity contribution is -0.167. The van der Waals surface area contributed by atoms with Gasteiger partial charge in [-0.2, -0.15) is 0 Å². The minimum absolute atomic E-state index is 0.0944. The minimum atomic E-state index is -0.799. The zero-order valence-electron chi connectivity index (χ0n) is 51.1. The average Bonchev–Trinajstić information content (AvgIpc) is 3.45. The molecule has 0 saturated heterocycles. The highest BCUT2D eigenvalue weighted by Gasteiger charge is 2.19. The number of carbonyl (C=O) groups is 3. The fraction of sp³-hybridized carbons (Fsp3) is 0.630. The maximum Gasteiger partial charge on any atom is 0.306 e. The van der Waals surface area contributed by atoms with Crippen molar-refractivity contribution in [2.75, 3.05) is 13.2 Å². The molecule has 79 heavy (non-hydrogen) atoms. The van der Waals surface area contributed by atoms with Gasteiger partial charge in [0, 0.05) is 19.3 Å². The van der Waals surface area contributed by atoms with E-state index in [9.17, 15) is 14.4 Å². The topological polar surface area (TPSA) is 78.9 Å². The van der Waals surface area contributed by atoms with Gasteiger partial charge >= 0.3 is 17.9 Å². The summed E-state index contributed by atoms with van der Waals surface area (Å²) >= 11 is 0. The fourth-order valence-corrected chi connectivity index (χ4v) is 8.59. The smallest absolute Gasteiger partial charge is 0.306 e. The van der Waals surface area contributed by atoms with E-state index < -0.39 is 6.10 Å². The lowest BCUT2D eigenvalue weighted by Gasteiger charge is -2.18. The van der Waals surface area contributed by atoms with Gasteiger partial charge in [-0.05, 0) is 135 Å². The summed E-state index contributed by atoms with van der Waals surface area (Å²) < 4.78 is 16.9. The molecule has 0 radical (unpaired) electrons. The summed E-state index contributed by atoms with van der Waals surface area (Å²) in [7, 11) is 0. The van der Waals surface area contributed by atoms with E-state index in [4.69, 9.17) is 14.2 Å². The van der Waals surface area contributed by atoms with Crippen molar-refractivity contribution in [3.05, 3.63) is 146 Å². The van der Waals surface area contributed by atoms with Crippen molar-refractivity contribution in [3.8, 4) is 0 Å². The standard InChI is InChI=1S/C73H118O6/c1-4-7-10-13-16-19-22-25-28-31-32-33-34-35-36-37-38-39-40-43-45-48-51-54-57-60-63-66-72(75)78-69-70(79-73(76)67-64-61-58-55-52-49-46-42-30-27-24-21-18-15-12-9-6-3)68-77-71(74)65-62-59-56-53-50-47-44-41-29-26-23-20-17-14-11-8-5-2/h7-12,16-21,25-30,32-33,35-36,38-39,70H,4-6,13-15,22-24,31,34,37,40-69H2,1-3H3/b10-7-,11-8-,12-9-,19-16-,20-17-,21-18-,28-25-,29-26-,30-27-,33-32-,36-35-,39-38-. The first-order valence-electron chi connectivity index (χ1n) is 32.3. The summed E-state index contributed by atoms with van der Waals surface area (Å²) in [6.07, 6.45) is 94.2. The van der Waals surface area contributed by atoms with Gasteiger partial charge in [0.05, 0.1) is 0 Å². The molecule has 0 bridgehead atoms. The number of allylic oxidation sites excluding steroid dienone is 24. The molecule has 6 nitrogen and oxygen atoms in total. The molecular weight excluding hydrogens is 973 g/mol. The third-order valence-corrected chi connectivity index (χ3v) is 13.3. The van der Waals surface area contributed by atoms with Crippen molar-refractivity contribution in [2.24, 2.45) is 0 Å². The average molecular weight is 1090 g/mol. The maximum atomic E-state index is 12.9. The summed E-state index contributed by atoms with van der Waals surface area (Å²) in [5.74, 6) is -0.920. The van der Waals surface area contributed by atoms with Crippen molar-refractivity contribution in [1.29, 1.82) is 0 Å². The van der Waals surface area contributed by atoms with Crippen LogP contribution in [0.3, 0.4) is 0 Å². The molecule has 0 N–H and O–H groups in total. The molecule has 0 saturated carbocycles. The second-order valence-electron chi connectivity index (χ2n) is 20.9. The number of esters is 3. The fourth-order valence-electron chi connectivity index (χ4n) is 8.59. The lowest BCUT2D eigenvalue weighted by Crippen LogP contribution is -2.30. The number of carbonyl (C=O) groups excluding carboxylic acids is 3. The Labute approximate surface area is 487 Å². The quantitative estimate of drug-likeness (QED) is 0.0261. The molecule has 6 heteroatoms. The summed E-state index contributed by atoms with van der Waals surface area (Å²) in [5.41, 5.74) is 0. The molecule has 0 amide bonds. The van der Waals surface area contributed by atoms with Crippen LogP contribution in [0.1, 0.15) is 278 Å². The van der Waals surface area contributed by atoms with Gasteiger partial charge in [-0.25, -0.2) is 0 Å². The molecule has 0 aromatic carbocycles. The van der Waals surface area contributed by atoms with Crippen LogP contribution in [0.25, 0.3) is 0 Å². The Balaban J connectivity index is 4.40. The monoisotopic (exact) mass is 1090 g/mol. The van der Waals surface area contributed by atoms with Crippen LogP contribution in [0.5, 0.6) is 0 Å². The Bertz CT molecular complexity index is 1730.